The molecule has 1 unspecified atom stereocenters. The molecule has 0 radical (unpaired) electrons. The van der Waals surface area contributed by atoms with Crippen molar-refractivity contribution < 1.29 is 0 Å². The molecule has 0 saturated carbocycles. The van der Waals surface area contributed by atoms with Crippen molar-refractivity contribution in [1.82, 2.24) is 15.3 Å². The maximum absolute atomic E-state index is 8.79. The molecule has 1 saturated heterocycles. The molecule has 2 N–H and O–H groups in total. The van der Waals surface area contributed by atoms with Crippen molar-refractivity contribution in [2.75, 3.05) is 6.54 Å². The molecule has 0 spiro atoms. The zero-order valence-electron chi connectivity index (χ0n) is 10.7. The summed E-state index contributed by atoms with van der Waals surface area (Å²) in [6.07, 6.45) is 5.31. The number of nitriles is 1. The number of hydrogen-bond donors (Lipinski definition) is 2. The molecule has 1 aromatic carbocycles. The van der Waals surface area contributed by atoms with E-state index in [1.165, 1.54) is 12.8 Å². The van der Waals surface area contributed by atoms with Crippen LogP contribution in [0.15, 0.2) is 30.5 Å². The third-order valence-electron chi connectivity index (χ3n) is 3.56. The van der Waals surface area contributed by atoms with Gasteiger partial charge in [-0.3, -0.25) is 0 Å². The zero-order chi connectivity index (χ0) is 13.1. The van der Waals surface area contributed by atoms with Gasteiger partial charge in [-0.25, -0.2) is 4.98 Å². The van der Waals surface area contributed by atoms with Gasteiger partial charge in [0.25, 0.3) is 0 Å². The molecule has 0 amide bonds. The Balaban J connectivity index is 1.74. The molecule has 1 fully saturated rings. The average molecular weight is 252 g/mol. The predicted molar refractivity (Wildman–Crippen MR) is 73.5 cm³/mol. The number of aromatic amines is 1. The second kappa shape index (κ2) is 5.25. The number of imidazole rings is 1. The van der Waals surface area contributed by atoms with Gasteiger partial charge in [-0.15, -0.1) is 0 Å². The van der Waals surface area contributed by atoms with Crippen molar-refractivity contribution in [2.24, 2.45) is 0 Å². The number of rotatable bonds is 3. The van der Waals surface area contributed by atoms with Gasteiger partial charge in [0, 0.05) is 12.5 Å². The van der Waals surface area contributed by atoms with Crippen LogP contribution in [-0.2, 0) is 6.42 Å². The van der Waals surface area contributed by atoms with Gasteiger partial charge in [0.15, 0.2) is 0 Å². The van der Waals surface area contributed by atoms with Crippen LogP contribution in [0, 0.1) is 11.3 Å². The molecule has 4 nitrogen and oxygen atoms in total. The van der Waals surface area contributed by atoms with E-state index in [4.69, 9.17) is 5.26 Å². The summed E-state index contributed by atoms with van der Waals surface area (Å²) in [7, 11) is 0. The highest BCUT2D eigenvalue weighted by Crippen LogP contribution is 2.18. The minimum Gasteiger partial charge on any atom is -0.342 e. The fraction of sp³-hybridized carbons (Fsp3) is 0.333. The Hall–Kier alpha value is -2.12. The van der Waals surface area contributed by atoms with Gasteiger partial charge >= 0.3 is 0 Å². The Morgan fingerprint density at radius 3 is 2.84 bits per heavy atom. The molecule has 1 atom stereocenters. The fourth-order valence-electron chi connectivity index (χ4n) is 2.50. The summed E-state index contributed by atoms with van der Waals surface area (Å²) in [5.41, 5.74) is 2.76. The van der Waals surface area contributed by atoms with Crippen LogP contribution in [0.25, 0.3) is 11.3 Å². The molecular weight excluding hydrogens is 236 g/mol. The van der Waals surface area contributed by atoms with Crippen molar-refractivity contribution in [3.8, 4) is 17.3 Å². The van der Waals surface area contributed by atoms with Gasteiger partial charge in [-0.05, 0) is 37.1 Å². The van der Waals surface area contributed by atoms with Crippen LogP contribution in [-0.4, -0.2) is 22.6 Å². The van der Waals surface area contributed by atoms with Gasteiger partial charge in [-0.1, -0.05) is 12.1 Å². The number of aromatic nitrogens is 2. The molecule has 0 aliphatic carbocycles. The van der Waals surface area contributed by atoms with Crippen LogP contribution in [0.5, 0.6) is 0 Å². The molecular formula is C15H16N4. The van der Waals surface area contributed by atoms with Crippen molar-refractivity contribution >= 4 is 0 Å². The monoisotopic (exact) mass is 252 g/mol. The lowest BCUT2D eigenvalue weighted by atomic mass is 10.1. The van der Waals surface area contributed by atoms with Crippen LogP contribution in [0.3, 0.4) is 0 Å². The largest absolute Gasteiger partial charge is 0.342 e. The minimum atomic E-state index is 0.556. The normalized spacial score (nSPS) is 18.4. The summed E-state index contributed by atoms with van der Waals surface area (Å²) in [6.45, 7) is 1.12. The van der Waals surface area contributed by atoms with Crippen LogP contribution < -0.4 is 5.32 Å². The van der Waals surface area contributed by atoms with Crippen LogP contribution >= 0.6 is 0 Å². The maximum atomic E-state index is 8.79. The van der Waals surface area contributed by atoms with E-state index in [0.29, 0.717) is 11.6 Å². The first-order valence-corrected chi connectivity index (χ1v) is 6.63. The molecule has 0 bridgehead atoms. The maximum Gasteiger partial charge on any atom is 0.108 e. The molecule has 19 heavy (non-hydrogen) atoms. The van der Waals surface area contributed by atoms with Crippen molar-refractivity contribution in [2.45, 2.75) is 25.3 Å². The van der Waals surface area contributed by atoms with E-state index in [9.17, 15) is 0 Å². The van der Waals surface area contributed by atoms with Crippen LogP contribution in [0.2, 0.25) is 0 Å². The lowest BCUT2D eigenvalue weighted by molar-refractivity contribution is 0.589. The minimum absolute atomic E-state index is 0.556. The molecule has 1 aliphatic heterocycles. The molecule has 4 heteroatoms. The van der Waals surface area contributed by atoms with Gasteiger partial charge in [0.2, 0.25) is 0 Å². The SMILES string of the molecule is N#Cc1ccc(-c2cnc(CC3CCCN3)[nH]2)cc1. The third-order valence-corrected chi connectivity index (χ3v) is 3.56. The first-order chi connectivity index (χ1) is 9.35. The highest BCUT2D eigenvalue weighted by atomic mass is 15.0. The van der Waals surface area contributed by atoms with E-state index >= 15 is 0 Å². The van der Waals surface area contributed by atoms with Crippen molar-refractivity contribution in [3.05, 3.63) is 41.9 Å². The Morgan fingerprint density at radius 2 is 2.16 bits per heavy atom. The van der Waals surface area contributed by atoms with Gasteiger partial charge in [-0.2, -0.15) is 5.26 Å². The summed E-state index contributed by atoms with van der Waals surface area (Å²) >= 11 is 0. The molecule has 96 valence electrons. The molecule has 2 heterocycles. The van der Waals surface area contributed by atoms with E-state index in [1.807, 2.05) is 30.5 Å². The van der Waals surface area contributed by atoms with E-state index in [1.54, 1.807) is 0 Å². The standard InChI is InChI=1S/C15H16N4/c16-9-11-3-5-12(6-4-11)14-10-18-15(19-14)8-13-2-1-7-17-13/h3-6,10,13,17H,1-2,7-8H2,(H,18,19). The first-order valence-electron chi connectivity index (χ1n) is 6.63. The summed E-state index contributed by atoms with van der Waals surface area (Å²) in [5.74, 6) is 1.03. The second-order valence-corrected chi connectivity index (χ2v) is 4.93. The lowest BCUT2D eigenvalue weighted by Crippen LogP contribution is -2.24. The molecule has 1 aliphatic rings. The molecule has 3 rings (SSSR count). The average Bonchev–Trinajstić information content (AvgIpc) is 3.11. The number of H-pyrrole nitrogens is 1. The Bertz CT molecular complexity index is 585. The highest BCUT2D eigenvalue weighted by molar-refractivity contribution is 5.59. The Morgan fingerprint density at radius 1 is 1.32 bits per heavy atom. The zero-order valence-corrected chi connectivity index (χ0v) is 10.7. The quantitative estimate of drug-likeness (QED) is 0.880. The topological polar surface area (TPSA) is 64.5 Å². The van der Waals surface area contributed by atoms with Crippen molar-refractivity contribution in [1.29, 1.82) is 5.26 Å². The lowest BCUT2D eigenvalue weighted by Gasteiger charge is -2.06. The number of nitrogens with one attached hydrogen (secondary N) is 2. The Kier molecular flexibility index (Phi) is 3.30. The second-order valence-electron chi connectivity index (χ2n) is 4.93. The van der Waals surface area contributed by atoms with E-state index in [-0.39, 0.29) is 0 Å². The summed E-state index contributed by atoms with van der Waals surface area (Å²) in [5, 5.41) is 12.3. The summed E-state index contributed by atoms with van der Waals surface area (Å²) in [6, 6.07) is 10.2. The van der Waals surface area contributed by atoms with Crippen LogP contribution in [0.4, 0.5) is 0 Å². The van der Waals surface area contributed by atoms with Gasteiger partial charge < -0.3 is 10.3 Å². The molecule has 2 aromatic rings. The number of benzene rings is 1. The fourth-order valence-corrected chi connectivity index (χ4v) is 2.50. The summed E-state index contributed by atoms with van der Waals surface area (Å²) in [4.78, 5) is 7.80. The van der Waals surface area contributed by atoms with Gasteiger partial charge in [0.05, 0.1) is 23.5 Å². The van der Waals surface area contributed by atoms with E-state index in [0.717, 1.165) is 30.0 Å². The Labute approximate surface area is 112 Å². The smallest absolute Gasteiger partial charge is 0.108 e. The van der Waals surface area contributed by atoms with E-state index in [2.05, 4.69) is 21.4 Å². The van der Waals surface area contributed by atoms with Crippen LogP contribution in [0.1, 0.15) is 24.2 Å². The number of hydrogen-bond acceptors (Lipinski definition) is 3. The predicted octanol–water partition coefficient (Wildman–Crippen LogP) is 2.24. The van der Waals surface area contributed by atoms with Crippen molar-refractivity contribution in [3.63, 3.8) is 0 Å². The highest BCUT2D eigenvalue weighted by Gasteiger charge is 2.16. The van der Waals surface area contributed by atoms with E-state index < -0.39 is 0 Å². The molecule has 1 aromatic heterocycles. The summed E-state index contributed by atoms with van der Waals surface area (Å²) < 4.78 is 0. The van der Waals surface area contributed by atoms with Gasteiger partial charge in [0.1, 0.15) is 5.82 Å². The number of nitrogens with zero attached hydrogens (tertiary/aromatic N) is 2. The third kappa shape index (κ3) is 2.67. The first kappa shape index (κ1) is 11.9.